The van der Waals surface area contributed by atoms with E-state index in [0.717, 1.165) is 0 Å². The first kappa shape index (κ1) is 29.2. The van der Waals surface area contributed by atoms with E-state index in [2.05, 4.69) is 0 Å². The molecule has 0 aliphatic heterocycles. The van der Waals surface area contributed by atoms with Crippen LogP contribution < -0.4 is 0 Å². The molecule has 0 amide bonds. The molecule has 0 fully saturated rings. The zero-order chi connectivity index (χ0) is 9.00. The molecule has 0 aliphatic rings. The molecule has 0 aromatic rings. The van der Waals surface area contributed by atoms with Gasteiger partial charge in [0.25, 0.3) is 0 Å². The maximum atomic E-state index is 8.88. The van der Waals surface area contributed by atoms with Crippen molar-refractivity contribution >= 4 is 15.6 Å². The van der Waals surface area contributed by atoms with Crippen LogP contribution in [0.15, 0.2) is 0 Å². The molecular formula is H8Cu2O9P2. The van der Waals surface area contributed by atoms with Gasteiger partial charge in [-0.05, 0) is 0 Å². The van der Waals surface area contributed by atoms with Crippen molar-refractivity contribution < 1.29 is 78.1 Å². The van der Waals surface area contributed by atoms with Gasteiger partial charge in [0.05, 0.1) is 0 Å². The van der Waals surface area contributed by atoms with E-state index in [1.807, 2.05) is 0 Å². The first-order valence-electron chi connectivity index (χ1n) is 1.57. The largest absolute Gasteiger partial charge is 0.466 e. The van der Waals surface area contributed by atoms with Gasteiger partial charge in [0.2, 0.25) is 0 Å². The molecule has 0 spiro atoms. The summed E-state index contributed by atoms with van der Waals surface area (Å²) >= 11 is 0. The van der Waals surface area contributed by atoms with Crippen molar-refractivity contribution in [3.63, 3.8) is 0 Å². The molecule has 94 valence electrons. The van der Waals surface area contributed by atoms with Gasteiger partial charge in [-0.1, -0.05) is 0 Å². The fraction of sp³-hybridized carbons (Fsp3) is 0. The first-order chi connectivity index (χ1) is 4.00. The van der Waals surface area contributed by atoms with Gasteiger partial charge < -0.3 is 34.8 Å². The number of hydrogen-bond acceptors (Lipinski definition) is 2. The zero-order valence-corrected chi connectivity index (χ0v) is 9.17. The Bertz CT molecular complexity index is 128. The van der Waals surface area contributed by atoms with E-state index in [0.29, 0.717) is 0 Å². The maximum absolute atomic E-state index is 8.88. The average molecular weight is 341 g/mol. The van der Waals surface area contributed by atoms with Crippen molar-refractivity contribution in [1.29, 1.82) is 0 Å². The van der Waals surface area contributed by atoms with Crippen molar-refractivity contribution in [2.24, 2.45) is 0 Å². The summed E-state index contributed by atoms with van der Waals surface area (Å²) in [6, 6.07) is 0. The van der Waals surface area contributed by atoms with Crippen LogP contribution in [0.4, 0.5) is 0 Å². The van der Waals surface area contributed by atoms with Gasteiger partial charge in [-0.3, -0.25) is 0 Å². The SMILES string of the molecule is O.O=P(O)(O)O.O=P(O)(O)O.[Cu].[Cu]. The summed E-state index contributed by atoms with van der Waals surface area (Å²) in [6.07, 6.45) is 0. The molecule has 0 aliphatic carbocycles. The monoisotopic (exact) mass is 340 g/mol. The van der Waals surface area contributed by atoms with Gasteiger partial charge in [0, 0.05) is 34.1 Å². The van der Waals surface area contributed by atoms with Crippen LogP contribution >= 0.6 is 15.6 Å². The fourth-order valence-electron chi connectivity index (χ4n) is 0. The second-order valence-electron chi connectivity index (χ2n) is 1.03. The fourth-order valence-corrected chi connectivity index (χ4v) is 0. The van der Waals surface area contributed by atoms with Gasteiger partial charge in [-0.2, -0.15) is 0 Å². The zero-order valence-electron chi connectivity index (χ0n) is 5.50. The second kappa shape index (κ2) is 11.3. The van der Waals surface area contributed by atoms with Crippen molar-refractivity contribution in [2.75, 3.05) is 0 Å². The predicted octanol–water partition coefficient (Wildman–Crippen LogP) is -2.69. The Hall–Kier alpha value is 1.22. The van der Waals surface area contributed by atoms with Crippen molar-refractivity contribution in [2.45, 2.75) is 0 Å². The predicted molar refractivity (Wildman–Crippen MR) is 32.1 cm³/mol. The molecule has 9 nitrogen and oxygen atoms in total. The quantitative estimate of drug-likeness (QED) is 0.203. The molecular weight excluding hydrogens is 333 g/mol. The van der Waals surface area contributed by atoms with Gasteiger partial charge in [0.15, 0.2) is 0 Å². The summed E-state index contributed by atoms with van der Waals surface area (Å²) in [5, 5.41) is 0. The molecule has 0 bridgehead atoms. The third-order valence-corrected chi connectivity index (χ3v) is 0. The van der Waals surface area contributed by atoms with Crippen LogP contribution in [-0.2, 0) is 43.3 Å². The minimum absolute atomic E-state index is 0. The molecule has 0 aromatic heterocycles. The van der Waals surface area contributed by atoms with Crippen LogP contribution in [0.5, 0.6) is 0 Å². The molecule has 8 N–H and O–H groups in total. The molecule has 0 unspecified atom stereocenters. The van der Waals surface area contributed by atoms with Crippen molar-refractivity contribution in [3.8, 4) is 0 Å². The molecule has 2 radical (unpaired) electrons. The van der Waals surface area contributed by atoms with Crippen LogP contribution in [0.3, 0.4) is 0 Å². The molecule has 0 saturated carbocycles. The third-order valence-electron chi connectivity index (χ3n) is 0. The number of phosphoric acid groups is 2. The maximum Gasteiger partial charge on any atom is 0.466 e. The summed E-state index contributed by atoms with van der Waals surface area (Å²) < 4.78 is 17.8. The van der Waals surface area contributed by atoms with Crippen LogP contribution in [0.25, 0.3) is 0 Å². The Labute approximate surface area is 93.9 Å². The summed E-state index contributed by atoms with van der Waals surface area (Å²) in [7, 11) is -9.28. The van der Waals surface area contributed by atoms with Crippen molar-refractivity contribution in [1.82, 2.24) is 0 Å². The molecule has 0 atom stereocenters. The second-order valence-corrected chi connectivity index (χ2v) is 3.08. The Morgan fingerprint density at radius 1 is 0.615 bits per heavy atom. The molecule has 0 aromatic carbocycles. The summed E-state index contributed by atoms with van der Waals surface area (Å²) in [5.74, 6) is 0. The van der Waals surface area contributed by atoms with Gasteiger partial charge in [-0.25, -0.2) is 9.13 Å². The van der Waals surface area contributed by atoms with Crippen LogP contribution in [0.2, 0.25) is 0 Å². The van der Waals surface area contributed by atoms with Gasteiger partial charge in [0.1, 0.15) is 0 Å². The Morgan fingerprint density at radius 3 is 0.615 bits per heavy atom. The van der Waals surface area contributed by atoms with Crippen LogP contribution in [-0.4, -0.2) is 34.8 Å². The number of rotatable bonds is 0. The smallest absolute Gasteiger partial charge is 0.412 e. The van der Waals surface area contributed by atoms with E-state index in [9.17, 15) is 0 Å². The Morgan fingerprint density at radius 2 is 0.615 bits per heavy atom. The molecule has 0 heterocycles. The first-order valence-corrected chi connectivity index (χ1v) is 4.70. The third kappa shape index (κ3) is 1120. The average Bonchev–Trinajstić information content (AvgIpc) is 1.12. The summed E-state index contributed by atoms with van der Waals surface area (Å²) in [5.41, 5.74) is 0. The molecule has 13 heteroatoms. The topological polar surface area (TPSA) is 187 Å². The van der Waals surface area contributed by atoms with E-state index >= 15 is 0 Å². The molecule has 13 heavy (non-hydrogen) atoms. The van der Waals surface area contributed by atoms with E-state index in [1.165, 1.54) is 0 Å². The summed E-state index contributed by atoms with van der Waals surface area (Å²) in [6.45, 7) is 0. The van der Waals surface area contributed by atoms with Gasteiger partial charge >= 0.3 is 15.6 Å². The van der Waals surface area contributed by atoms with Gasteiger partial charge in [-0.15, -0.1) is 0 Å². The molecule has 0 rings (SSSR count). The Kier molecular flexibility index (Phi) is 25.4. The van der Waals surface area contributed by atoms with E-state index in [1.54, 1.807) is 0 Å². The normalized spacial score (nSPS) is 9.08. The summed E-state index contributed by atoms with van der Waals surface area (Å²) in [4.78, 5) is 43.1. The minimum Gasteiger partial charge on any atom is -0.412 e. The van der Waals surface area contributed by atoms with Crippen molar-refractivity contribution in [3.05, 3.63) is 0 Å². The van der Waals surface area contributed by atoms with E-state index in [4.69, 9.17) is 38.5 Å². The number of hydrogen-bond donors (Lipinski definition) is 6. The Balaban J connectivity index is -0.0000000267. The standard InChI is InChI=1S/2Cu.2H3O4P.H2O/c;;2*1-5(2,3)4;/h;;2*(H3,1,2,3,4);1H2. The van der Waals surface area contributed by atoms with E-state index in [-0.39, 0.29) is 39.6 Å². The van der Waals surface area contributed by atoms with Crippen LogP contribution in [0.1, 0.15) is 0 Å². The van der Waals surface area contributed by atoms with E-state index < -0.39 is 15.6 Å². The molecule has 0 saturated heterocycles. The van der Waals surface area contributed by atoms with Crippen LogP contribution in [0, 0.1) is 0 Å². The minimum atomic E-state index is -4.64.